The van der Waals surface area contributed by atoms with Crippen LogP contribution in [0.4, 0.5) is 0 Å². The van der Waals surface area contributed by atoms with E-state index in [9.17, 15) is 14.4 Å². The van der Waals surface area contributed by atoms with Crippen molar-refractivity contribution in [3.8, 4) is 11.5 Å². The van der Waals surface area contributed by atoms with Gasteiger partial charge in [-0.15, -0.1) is 0 Å². The molecule has 0 radical (unpaired) electrons. The standard InChI is InChI=1S/C24H28BrNO7/c1-6-32-23(30)19-12(2)26-15-9-24(3,4)10-16(27)21(15)20(19)13-7-14(25)22(17(8-13)31-5)33-11-18(28)29/h7-8,20,26H,6,9-11H2,1-5H3,(H,28,29)/t20-/m1/s1. The van der Waals surface area contributed by atoms with Crippen molar-refractivity contribution in [2.45, 2.75) is 46.5 Å². The lowest BCUT2D eigenvalue weighted by atomic mass is 9.68. The first-order valence-corrected chi connectivity index (χ1v) is 11.4. The van der Waals surface area contributed by atoms with Gasteiger partial charge in [-0.25, -0.2) is 9.59 Å². The average molecular weight is 522 g/mol. The monoisotopic (exact) mass is 521 g/mol. The van der Waals surface area contributed by atoms with Crippen molar-refractivity contribution in [3.05, 3.63) is 44.7 Å². The summed E-state index contributed by atoms with van der Waals surface area (Å²) >= 11 is 3.43. The van der Waals surface area contributed by atoms with Gasteiger partial charge in [-0.3, -0.25) is 4.79 Å². The molecule has 0 saturated heterocycles. The van der Waals surface area contributed by atoms with Crippen molar-refractivity contribution >= 4 is 33.7 Å². The molecule has 33 heavy (non-hydrogen) atoms. The number of carbonyl (C=O) groups is 3. The summed E-state index contributed by atoms with van der Waals surface area (Å²) in [5, 5.41) is 12.3. The lowest BCUT2D eigenvalue weighted by Gasteiger charge is -2.39. The van der Waals surface area contributed by atoms with Gasteiger partial charge in [0.05, 0.1) is 23.8 Å². The van der Waals surface area contributed by atoms with Gasteiger partial charge in [-0.1, -0.05) is 13.8 Å². The Morgan fingerprint density at radius 3 is 2.58 bits per heavy atom. The maximum Gasteiger partial charge on any atom is 0.341 e. The zero-order valence-corrected chi connectivity index (χ0v) is 20.9. The number of aliphatic carboxylic acids is 1. The minimum atomic E-state index is -1.13. The number of esters is 1. The molecule has 0 aromatic heterocycles. The van der Waals surface area contributed by atoms with E-state index >= 15 is 0 Å². The number of Topliss-reactive ketones (excluding diaryl/α,β-unsaturated/α-hetero) is 1. The molecule has 2 aliphatic rings. The highest BCUT2D eigenvalue weighted by molar-refractivity contribution is 9.10. The van der Waals surface area contributed by atoms with E-state index in [1.807, 2.05) is 13.8 Å². The third kappa shape index (κ3) is 5.08. The molecule has 0 bridgehead atoms. The number of hydrogen-bond donors (Lipinski definition) is 2. The van der Waals surface area contributed by atoms with E-state index in [2.05, 4.69) is 21.2 Å². The van der Waals surface area contributed by atoms with Crippen LogP contribution in [0.3, 0.4) is 0 Å². The molecule has 0 amide bonds. The van der Waals surface area contributed by atoms with Crippen molar-refractivity contribution in [1.29, 1.82) is 0 Å². The van der Waals surface area contributed by atoms with Crippen LogP contribution in [0, 0.1) is 5.41 Å². The van der Waals surface area contributed by atoms with Crippen LogP contribution in [-0.4, -0.2) is 43.2 Å². The Morgan fingerprint density at radius 2 is 1.97 bits per heavy atom. The number of methoxy groups -OCH3 is 1. The first-order chi connectivity index (χ1) is 15.5. The fraction of sp³-hybridized carbons (Fsp3) is 0.458. The molecule has 1 aromatic rings. The van der Waals surface area contributed by atoms with E-state index in [1.165, 1.54) is 7.11 Å². The molecule has 3 rings (SSSR count). The Hall–Kier alpha value is -2.81. The van der Waals surface area contributed by atoms with Crippen LogP contribution < -0.4 is 14.8 Å². The largest absolute Gasteiger partial charge is 0.493 e. The second-order valence-corrected chi connectivity index (χ2v) is 9.72. The molecule has 0 unspecified atom stereocenters. The van der Waals surface area contributed by atoms with E-state index in [4.69, 9.17) is 19.3 Å². The fourth-order valence-electron chi connectivity index (χ4n) is 4.43. The molecule has 9 heteroatoms. The number of rotatable bonds is 7. The predicted molar refractivity (Wildman–Crippen MR) is 124 cm³/mol. The van der Waals surface area contributed by atoms with E-state index in [1.54, 1.807) is 26.0 Å². The molecule has 178 valence electrons. The van der Waals surface area contributed by atoms with E-state index < -0.39 is 24.5 Å². The summed E-state index contributed by atoms with van der Waals surface area (Å²) in [5.41, 5.74) is 2.75. The molecule has 1 aliphatic carbocycles. The number of benzene rings is 1. The van der Waals surface area contributed by atoms with Crippen LogP contribution in [0.5, 0.6) is 11.5 Å². The van der Waals surface area contributed by atoms with Crippen LogP contribution >= 0.6 is 15.9 Å². The number of carbonyl (C=O) groups excluding carboxylic acids is 2. The van der Waals surface area contributed by atoms with Gasteiger partial charge >= 0.3 is 11.9 Å². The number of nitrogens with one attached hydrogen (secondary N) is 1. The summed E-state index contributed by atoms with van der Waals surface area (Å²) in [6.45, 7) is 7.26. The number of carboxylic acids is 1. The van der Waals surface area contributed by atoms with Gasteiger partial charge in [0, 0.05) is 29.3 Å². The van der Waals surface area contributed by atoms with Crippen LogP contribution in [0.15, 0.2) is 39.1 Å². The van der Waals surface area contributed by atoms with Gasteiger partial charge in [0.1, 0.15) is 0 Å². The van der Waals surface area contributed by atoms with Crippen LogP contribution in [0.25, 0.3) is 0 Å². The summed E-state index contributed by atoms with van der Waals surface area (Å²) in [6, 6.07) is 3.39. The lowest BCUT2D eigenvalue weighted by Crippen LogP contribution is -2.38. The van der Waals surface area contributed by atoms with Gasteiger partial charge in [-0.05, 0) is 59.3 Å². The maximum absolute atomic E-state index is 13.3. The summed E-state index contributed by atoms with van der Waals surface area (Å²) < 4.78 is 16.6. The van der Waals surface area contributed by atoms with Crippen LogP contribution in [0.1, 0.15) is 52.0 Å². The third-order valence-electron chi connectivity index (χ3n) is 5.66. The SMILES string of the molecule is CCOC(=O)C1=C(C)NC2=C(C(=O)CC(C)(C)C2)[C@@H]1c1cc(Br)c(OCC(=O)O)c(OC)c1. The topological polar surface area (TPSA) is 111 Å². The molecule has 8 nitrogen and oxygen atoms in total. The maximum atomic E-state index is 13.3. The Bertz CT molecular complexity index is 1070. The zero-order chi connectivity index (χ0) is 24.5. The number of allylic oxidation sites excluding steroid dienone is 3. The predicted octanol–water partition coefficient (Wildman–Crippen LogP) is 4.09. The minimum Gasteiger partial charge on any atom is -0.493 e. The Labute approximate surface area is 201 Å². The van der Waals surface area contributed by atoms with E-state index in [0.717, 1.165) is 5.70 Å². The smallest absolute Gasteiger partial charge is 0.341 e. The number of ether oxygens (including phenoxy) is 3. The molecule has 0 fully saturated rings. The highest BCUT2D eigenvalue weighted by atomic mass is 79.9. The van der Waals surface area contributed by atoms with Gasteiger partial charge in [-0.2, -0.15) is 0 Å². The number of ketones is 1. The van der Waals surface area contributed by atoms with Crippen molar-refractivity contribution in [2.24, 2.45) is 5.41 Å². The molecule has 1 heterocycles. The molecular weight excluding hydrogens is 494 g/mol. The summed E-state index contributed by atoms with van der Waals surface area (Å²) in [6.07, 6.45) is 1.02. The van der Waals surface area contributed by atoms with Gasteiger partial charge in [0.2, 0.25) is 0 Å². The first kappa shape index (κ1) is 24.8. The van der Waals surface area contributed by atoms with Crippen LogP contribution in [-0.2, 0) is 19.1 Å². The molecule has 2 N–H and O–H groups in total. The summed E-state index contributed by atoms with van der Waals surface area (Å²) in [4.78, 5) is 37.3. The van der Waals surface area contributed by atoms with Gasteiger partial charge in [0.15, 0.2) is 23.9 Å². The Morgan fingerprint density at radius 1 is 1.27 bits per heavy atom. The molecular formula is C24H28BrNO7. The Balaban J connectivity index is 2.20. The minimum absolute atomic E-state index is 0.0330. The van der Waals surface area contributed by atoms with Gasteiger partial charge < -0.3 is 24.6 Å². The van der Waals surface area contributed by atoms with Crippen LogP contribution in [0.2, 0.25) is 0 Å². The van der Waals surface area contributed by atoms with E-state index in [-0.39, 0.29) is 29.3 Å². The van der Waals surface area contributed by atoms with Gasteiger partial charge in [0.25, 0.3) is 0 Å². The summed E-state index contributed by atoms with van der Waals surface area (Å²) in [5.74, 6) is -1.82. The summed E-state index contributed by atoms with van der Waals surface area (Å²) in [7, 11) is 1.44. The molecule has 1 aliphatic heterocycles. The van der Waals surface area contributed by atoms with Crippen molar-refractivity contribution in [3.63, 3.8) is 0 Å². The van der Waals surface area contributed by atoms with Crippen molar-refractivity contribution < 1.29 is 33.7 Å². The normalized spacial score (nSPS) is 19.6. The second kappa shape index (κ2) is 9.59. The molecule has 0 saturated carbocycles. The fourth-order valence-corrected chi connectivity index (χ4v) is 5.00. The first-order valence-electron chi connectivity index (χ1n) is 10.6. The second-order valence-electron chi connectivity index (χ2n) is 8.87. The average Bonchev–Trinajstić information content (AvgIpc) is 2.70. The third-order valence-corrected chi connectivity index (χ3v) is 6.25. The Kier molecular flexibility index (Phi) is 7.21. The molecule has 1 atom stereocenters. The zero-order valence-electron chi connectivity index (χ0n) is 19.3. The number of hydrogen-bond acceptors (Lipinski definition) is 7. The molecule has 1 aromatic carbocycles. The molecule has 0 spiro atoms. The highest BCUT2D eigenvalue weighted by Crippen LogP contribution is 2.49. The number of carboxylic acid groups (broad SMARTS) is 1. The highest BCUT2D eigenvalue weighted by Gasteiger charge is 2.43. The van der Waals surface area contributed by atoms with Crippen molar-refractivity contribution in [2.75, 3.05) is 20.3 Å². The lowest BCUT2D eigenvalue weighted by molar-refractivity contribution is -0.140. The number of halogens is 1. The van der Waals surface area contributed by atoms with Crippen molar-refractivity contribution in [1.82, 2.24) is 5.32 Å². The number of dihydropyridines is 1. The van der Waals surface area contributed by atoms with E-state index in [0.29, 0.717) is 39.7 Å². The quantitative estimate of drug-likeness (QED) is 0.516.